The molecule has 0 bridgehead atoms. The summed E-state index contributed by atoms with van der Waals surface area (Å²) in [7, 11) is 1.68. The molecule has 6 heteroatoms. The molecule has 0 radical (unpaired) electrons. The molecular weight excluding hydrogens is 210 g/mol. The number of anilines is 1. The average Bonchev–Trinajstić information content (AvgIpc) is 2.16. The summed E-state index contributed by atoms with van der Waals surface area (Å²) in [6.45, 7) is 0. The molecule has 4 nitrogen and oxygen atoms in total. The Bertz CT molecular complexity index is 332. The van der Waals surface area contributed by atoms with Crippen LogP contribution in [-0.4, -0.2) is 29.6 Å². The largest absolute Gasteiger partial charge is 0.372 e. The van der Waals surface area contributed by atoms with Gasteiger partial charge in [-0.25, -0.2) is 9.97 Å². The van der Waals surface area contributed by atoms with Crippen molar-refractivity contribution in [3.8, 4) is 0 Å². The van der Waals surface area contributed by atoms with E-state index in [-0.39, 0.29) is 5.15 Å². The molecule has 1 rings (SSSR count). The normalized spacial score (nSPS) is 9.77. The van der Waals surface area contributed by atoms with Crippen molar-refractivity contribution >= 4 is 35.5 Å². The lowest BCUT2D eigenvalue weighted by molar-refractivity contribution is 0.112. The number of rotatable bonds is 3. The standard InChI is InChI=1S/C7H8ClN3OS/c1-9-6-4(3-12)5(8)10-7(11-6)13-2/h3H,1-2H3,(H,9,10,11). The van der Waals surface area contributed by atoms with Gasteiger partial charge in [0.1, 0.15) is 11.0 Å². The van der Waals surface area contributed by atoms with E-state index in [9.17, 15) is 4.79 Å². The summed E-state index contributed by atoms with van der Waals surface area (Å²) in [6, 6.07) is 0. The Morgan fingerprint density at radius 1 is 1.54 bits per heavy atom. The Morgan fingerprint density at radius 2 is 2.23 bits per heavy atom. The number of halogens is 1. The van der Waals surface area contributed by atoms with E-state index in [0.717, 1.165) is 0 Å². The summed E-state index contributed by atoms with van der Waals surface area (Å²) < 4.78 is 0. The molecule has 0 amide bonds. The third-order valence-electron chi connectivity index (χ3n) is 1.42. The van der Waals surface area contributed by atoms with Gasteiger partial charge in [0.2, 0.25) is 0 Å². The van der Waals surface area contributed by atoms with E-state index in [1.54, 1.807) is 7.05 Å². The maximum Gasteiger partial charge on any atom is 0.190 e. The average molecular weight is 218 g/mol. The van der Waals surface area contributed by atoms with Crippen LogP contribution in [0.4, 0.5) is 5.82 Å². The number of hydrogen-bond acceptors (Lipinski definition) is 5. The van der Waals surface area contributed by atoms with Crippen molar-refractivity contribution in [1.29, 1.82) is 0 Å². The Kier molecular flexibility index (Phi) is 3.50. The summed E-state index contributed by atoms with van der Waals surface area (Å²) in [5, 5.41) is 3.50. The first kappa shape index (κ1) is 10.3. The van der Waals surface area contributed by atoms with Crippen LogP contribution < -0.4 is 5.32 Å². The highest BCUT2D eigenvalue weighted by atomic mass is 35.5. The van der Waals surface area contributed by atoms with Gasteiger partial charge < -0.3 is 5.32 Å². The fourth-order valence-corrected chi connectivity index (χ4v) is 1.44. The SMILES string of the molecule is CNc1nc(SC)nc(Cl)c1C=O. The number of nitrogens with one attached hydrogen (secondary N) is 1. The summed E-state index contributed by atoms with van der Waals surface area (Å²) in [4.78, 5) is 18.6. The van der Waals surface area contributed by atoms with Gasteiger partial charge >= 0.3 is 0 Å². The zero-order chi connectivity index (χ0) is 9.84. The first-order valence-corrected chi connectivity index (χ1v) is 5.07. The van der Waals surface area contributed by atoms with E-state index in [0.29, 0.717) is 22.8 Å². The maximum absolute atomic E-state index is 10.6. The zero-order valence-corrected chi connectivity index (χ0v) is 8.74. The number of aldehydes is 1. The molecule has 13 heavy (non-hydrogen) atoms. The predicted molar refractivity (Wildman–Crippen MR) is 53.8 cm³/mol. The maximum atomic E-state index is 10.6. The molecule has 0 atom stereocenters. The second kappa shape index (κ2) is 4.43. The van der Waals surface area contributed by atoms with E-state index in [4.69, 9.17) is 11.6 Å². The number of hydrogen-bond donors (Lipinski definition) is 1. The molecule has 1 heterocycles. The minimum Gasteiger partial charge on any atom is -0.372 e. The Labute approximate surface area is 85.1 Å². The fourth-order valence-electron chi connectivity index (χ4n) is 0.809. The molecule has 1 N–H and O–H groups in total. The first-order valence-electron chi connectivity index (χ1n) is 3.47. The second-order valence-corrected chi connectivity index (χ2v) is 3.26. The lowest BCUT2D eigenvalue weighted by atomic mass is 10.3. The minimum absolute atomic E-state index is 0.179. The monoisotopic (exact) mass is 217 g/mol. The van der Waals surface area contributed by atoms with Gasteiger partial charge in [-0.3, -0.25) is 4.79 Å². The summed E-state index contributed by atoms with van der Waals surface area (Å²) in [6.07, 6.45) is 2.48. The van der Waals surface area contributed by atoms with Crippen molar-refractivity contribution in [2.24, 2.45) is 0 Å². The molecule has 0 aliphatic carbocycles. The molecule has 0 saturated heterocycles. The molecular formula is C7H8ClN3OS. The molecule has 1 aromatic rings. The van der Waals surface area contributed by atoms with Gasteiger partial charge in [-0.1, -0.05) is 23.4 Å². The third kappa shape index (κ3) is 2.10. The molecule has 1 aromatic heterocycles. The van der Waals surface area contributed by atoms with Gasteiger partial charge in [0.25, 0.3) is 0 Å². The zero-order valence-electron chi connectivity index (χ0n) is 7.17. The number of aromatic nitrogens is 2. The predicted octanol–water partition coefficient (Wildman–Crippen LogP) is 1.71. The first-order chi connectivity index (χ1) is 6.22. The molecule has 0 saturated carbocycles. The van der Waals surface area contributed by atoms with Crippen molar-refractivity contribution in [2.75, 3.05) is 18.6 Å². The van der Waals surface area contributed by atoms with Crippen LogP contribution in [0.3, 0.4) is 0 Å². The van der Waals surface area contributed by atoms with Crippen molar-refractivity contribution < 1.29 is 4.79 Å². The highest BCUT2D eigenvalue weighted by molar-refractivity contribution is 7.98. The molecule has 0 aliphatic heterocycles. The van der Waals surface area contributed by atoms with Crippen molar-refractivity contribution in [2.45, 2.75) is 5.16 Å². The van der Waals surface area contributed by atoms with Crippen molar-refractivity contribution in [1.82, 2.24) is 9.97 Å². The summed E-state index contributed by atoms with van der Waals surface area (Å²) >= 11 is 7.13. The highest BCUT2D eigenvalue weighted by Gasteiger charge is 2.10. The number of thioether (sulfide) groups is 1. The lowest BCUT2D eigenvalue weighted by Gasteiger charge is -2.05. The Morgan fingerprint density at radius 3 is 2.69 bits per heavy atom. The smallest absolute Gasteiger partial charge is 0.190 e. The van der Waals surface area contributed by atoms with E-state index in [1.165, 1.54) is 11.8 Å². The van der Waals surface area contributed by atoms with Crippen LogP contribution in [-0.2, 0) is 0 Å². The fraction of sp³-hybridized carbons (Fsp3) is 0.286. The second-order valence-electron chi connectivity index (χ2n) is 2.13. The van der Waals surface area contributed by atoms with Gasteiger partial charge in [-0.05, 0) is 6.26 Å². The molecule has 0 fully saturated rings. The topological polar surface area (TPSA) is 54.9 Å². The van der Waals surface area contributed by atoms with E-state index in [1.807, 2.05) is 6.26 Å². The Hall–Kier alpha value is -0.810. The summed E-state index contributed by atoms with van der Waals surface area (Å²) in [5.74, 6) is 0.458. The molecule has 0 aromatic carbocycles. The van der Waals surface area contributed by atoms with Crippen LogP contribution in [0.15, 0.2) is 5.16 Å². The quantitative estimate of drug-likeness (QED) is 0.362. The third-order valence-corrected chi connectivity index (χ3v) is 2.25. The molecule has 0 aliphatic rings. The van der Waals surface area contributed by atoms with Crippen LogP contribution in [0.5, 0.6) is 0 Å². The highest BCUT2D eigenvalue weighted by Crippen LogP contribution is 2.21. The van der Waals surface area contributed by atoms with Crippen molar-refractivity contribution in [3.05, 3.63) is 10.7 Å². The molecule has 70 valence electrons. The summed E-state index contributed by atoms with van der Waals surface area (Å²) in [5.41, 5.74) is 0.293. The lowest BCUT2D eigenvalue weighted by Crippen LogP contribution is -2.02. The number of nitrogens with zero attached hydrogens (tertiary/aromatic N) is 2. The van der Waals surface area contributed by atoms with Gasteiger partial charge in [0.15, 0.2) is 11.4 Å². The molecule has 0 unspecified atom stereocenters. The van der Waals surface area contributed by atoms with E-state index in [2.05, 4.69) is 15.3 Å². The van der Waals surface area contributed by atoms with Gasteiger partial charge in [0.05, 0.1) is 5.56 Å². The van der Waals surface area contributed by atoms with Gasteiger partial charge in [-0.15, -0.1) is 0 Å². The minimum atomic E-state index is 0.179. The molecule has 0 spiro atoms. The van der Waals surface area contributed by atoms with Crippen LogP contribution in [0.2, 0.25) is 5.15 Å². The van der Waals surface area contributed by atoms with E-state index < -0.39 is 0 Å². The number of carbonyl (C=O) groups is 1. The van der Waals surface area contributed by atoms with Crippen LogP contribution in [0.25, 0.3) is 0 Å². The van der Waals surface area contributed by atoms with Crippen LogP contribution in [0.1, 0.15) is 10.4 Å². The van der Waals surface area contributed by atoms with Gasteiger partial charge in [-0.2, -0.15) is 0 Å². The van der Waals surface area contributed by atoms with Gasteiger partial charge in [0, 0.05) is 7.05 Å². The van der Waals surface area contributed by atoms with Crippen LogP contribution in [0, 0.1) is 0 Å². The van der Waals surface area contributed by atoms with E-state index >= 15 is 0 Å². The number of carbonyl (C=O) groups excluding carboxylic acids is 1. The van der Waals surface area contributed by atoms with Crippen LogP contribution >= 0.6 is 23.4 Å². The van der Waals surface area contributed by atoms with Crippen molar-refractivity contribution in [3.63, 3.8) is 0 Å². The Balaban J connectivity index is 3.28.